The van der Waals surface area contributed by atoms with Crippen LogP contribution in [-0.2, 0) is 0 Å². The lowest BCUT2D eigenvalue weighted by Crippen LogP contribution is -2.17. The second kappa shape index (κ2) is 4.42. The standard InChI is InChI=1S/C9H13NS/c1-10-9(7-11)8-5-3-2-4-6-8/h2-6,9-11H,7H2,1H3/t9-/m0/s1. The minimum atomic E-state index is 0.375. The van der Waals surface area contributed by atoms with Crippen molar-refractivity contribution in [3.63, 3.8) is 0 Å². The molecular weight excluding hydrogens is 154 g/mol. The summed E-state index contributed by atoms with van der Waals surface area (Å²) in [4.78, 5) is 0. The largest absolute Gasteiger partial charge is 0.312 e. The molecule has 0 saturated carbocycles. The highest BCUT2D eigenvalue weighted by Gasteiger charge is 2.03. The Balaban J connectivity index is 2.74. The first-order valence-electron chi connectivity index (χ1n) is 3.71. The Kier molecular flexibility index (Phi) is 3.46. The average molecular weight is 167 g/mol. The molecule has 1 rings (SSSR count). The molecule has 0 aromatic heterocycles. The maximum atomic E-state index is 4.24. The molecule has 0 fully saturated rings. The molecule has 0 heterocycles. The summed E-state index contributed by atoms with van der Waals surface area (Å²) in [6, 6.07) is 10.7. The third-order valence-electron chi connectivity index (χ3n) is 1.73. The van der Waals surface area contributed by atoms with Crippen molar-refractivity contribution in [2.75, 3.05) is 12.8 Å². The van der Waals surface area contributed by atoms with Gasteiger partial charge < -0.3 is 5.32 Å². The van der Waals surface area contributed by atoms with Gasteiger partial charge in [0.2, 0.25) is 0 Å². The minimum Gasteiger partial charge on any atom is -0.312 e. The van der Waals surface area contributed by atoms with Gasteiger partial charge in [0.1, 0.15) is 0 Å². The van der Waals surface area contributed by atoms with Crippen LogP contribution in [0.4, 0.5) is 0 Å². The van der Waals surface area contributed by atoms with Crippen molar-refractivity contribution < 1.29 is 0 Å². The molecule has 1 N–H and O–H groups in total. The van der Waals surface area contributed by atoms with E-state index in [1.54, 1.807) is 0 Å². The molecule has 60 valence electrons. The van der Waals surface area contributed by atoms with Crippen LogP contribution in [0.5, 0.6) is 0 Å². The van der Waals surface area contributed by atoms with Crippen molar-refractivity contribution in [1.82, 2.24) is 5.32 Å². The molecule has 0 radical (unpaired) electrons. The van der Waals surface area contributed by atoms with Gasteiger partial charge in [-0.15, -0.1) is 0 Å². The van der Waals surface area contributed by atoms with Crippen LogP contribution in [0, 0.1) is 0 Å². The molecule has 0 aliphatic rings. The Morgan fingerprint density at radius 3 is 2.45 bits per heavy atom. The topological polar surface area (TPSA) is 12.0 Å². The highest BCUT2D eigenvalue weighted by Crippen LogP contribution is 2.12. The first kappa shape index (κ1) is 8.62. The molecule has 0 unspecified atom stereocenters. The average Bonchev–Trinajstić information content (AvgIpc) is 2.09. The molecule has 0 bridgehead atoms. The zero-order valence-electron chi connectivity index (χ0n) is 6.62. The summed E-state index contributed by atoms with van der Waals surface area (Å²) in [6.07, 6.45) is 0. The molecule has 0 aliphatic carbocycles. The monoisotopic (exact) mass is 167 g/mol. The van der Waals surface area contributed by atoms with Crippen molar-refractivity contribution in [2.45, 2.75) is 6.04 Å². The van der Waals surface area contributed by atoms with E-state index < -0.39 is 0 Å². The molecular formula is C9H13NS. The fourth-order valence-corrected chi connectivity index (χ4v) is 1.44. The lowest BCUT2D eigenvalue weighted by molar-refractivity contribution is 0.663. The zero-order valence-corrected chi connectivity index (χ0v) is 7.51. The Morgan fingerprint density at radius 2 is 2.00 bits per heavy atom. The first-order chi connectivity index (χ1) is 5.38. The van der Waals surface area contributed by atoms with Crippen molar-refractivity contribution >= 4 is 12.6 Å². The smallest absolute Gasteiger partial charge is 0.0406 e. The Labute approximate surface area is 73.2 Å². The summed E-state index contributed by atoms with van der Waals surface area (Å²) in [5.74, 6) is 0.834. The first-order valence-corrected chi connectivity index (χ1v) is 4.34. The Bertz CT molecular complexity index is 194. The Morgan fingerprint density at radius 1 is 1.36 bits per heavy atom. The highest BCUT2D eigenvalue weighted by atomic mass is 32.1. The summed E-state index contributed by atoms with van der Waals surface area (Å²) in [7, 11) is 1.95. The SMILES string of the molecule is CN[C@@H](CS)c1ccccc1. The van der Waals surface area contributed by atoms with E-state index >= 15 is 0 Å². The van der Waals surface area contributed by atoms with E-state index in [2.05, 4.69) is 30.1 Å². The molecule has 1 nitrogen and oxygen atoms in total. The molecule has 0 saturated heterocycles. The fraction of sp³-hybridized carbons (Fsp3) is 0.333. The van der Waals surface area contributed by atoms with E-state index in [9.17, 15) is 0 Å². The van der Waals surface area contributed by atoms with Crippen molar-refractivity contribution in [2.24, 2.45) is 0 Å². The van der Waals surface area contributed by atoms with Crippen LogP contribution in [0.3, 0.4) is 0 Å². The fourth-order valence-electron chi connectivity index (χ4n) is 1.05. The number of hydrogen-bond acceptors (Lipinski definition) is 2. The van der Waals surface area contributed by atoms with Crippen LogP contribution in [-0.4, -0.2) is 12.8 Å². The number of rotatable bonds is 3. The summed E-state index contributed by atoms with van der Waals surface area (Å²) < 4.78 is 0. The van der Waals surface area contributed by atoms with Gasteiger partial charge in [-0.25, -0.2) is 0 Å². The summed E-state index contributed by atoms with van der Waals surface area (Å²) in [5.41, 5.74) is 1.30. The van der Waals surface area contributed by atoms with Crippen LogP contribution < -0.4 is 5.32 Å². The maximum Gasteiger partial charge on any atom is 0.0406 e. The molecule has 1 aromatic rings. The van der Waals surface area contributed by atoms with Crippen LogP contribution in [0.2, 0.25) is 0 Å². The van der Waals surface area contributed by atoms with Crippen LogP contribution >= 0.6 is 12.6 Å². The molecule has 11 heavy (non-hydrogen) atoms. The molecule has 2 heteroatoms. The highest BCUT2D eigenvalue weighted by molar-refractivity contribution is 7.80. The van der Waals surface area contributed by atoms with Crippen LogP contribution in [0.1, 0.15) is 11.6 Å². The van der Waals surface area contributed by atoms with E-state index in [-0.39, 0.29) is 0 Å². The van der Waals surface area contributed by atoms with Gasteiger partial charge in [0.15, 0.2) is 0 Å². The molecule has 0 spiro atoms. The summed E-state index contributed by atoms with van der Waals surface area (Å²) in [6.45, 7) is 0. The quantitative estimate of drug-likeness (QED) is 0.655. The number of benzene rings is 1. The molecule has 1 atom stereocenters. The van der Waals surface area contributed by atoms with Gasteiger partial charge in [-0.3, -0.25) is 0 Å². The third-order valence-corrected chi connectivity index (χ3v) is 2.10. The van der Waals surface area contributed by atoms with E-state index in [1.165, 1.54) is 5.56 Å². The van der Waals surface area contributed by atoms with E-state index in [4.69, 9.17) is 0 Å². The zero-order chi connectivity index (χ0) is 8.10. The minimum absolute atomic E-state index is 0.375. The number of thiol groups is 1. The van der Waals surface area contributed by atoms with Gasteiger partial charge in [0.25, 0.3) is 0 Å². The third kappa shape index (κ3) is 2.24. The molecule has 0 aliphatic heterocycles. The van der Waals surface area contributed by atoms with Gasteiger partial charge >= 0.3 is 0 Å². The van der Waals surface area contributed by atoms with Gasteiger partial charge in [0.05, 0.1) is 0 Å². The normalized spacial score (nSPS) is 12.9. The van der Waals surface area contributed by atoms with E-state index in [0.29, 0.717) is 6.04 Å². The second-order valence-electron chi connectivity index (χ2n) is 2.43. The Hall–Kier alpha value is -0.470. The summed E-state index contributed by atoms with van der Waals surface area (Å²) >= 11 is 4.24. The number of nitrogens with one attached hydrogen (secondary N) is 1. The van der Waals surface area contributed by atoms with E-state index in [0.717, 1.165) is 5.75 Å². The predicted molar refractivity (Wildman–Crippen MR) is 52.1 cm³/mol. The van der Waals surface area contributed by atoms with Crippen LogP contribution in [0.15, 0.2) is 30.3 Å². The van der Waals surface area contributed by atoms with Gasteiger partial charge in [-0.05, 0) is 12.6 Å². The summed E-state index contributed by atoms with van der Waals surface area (Å²) in [5, 5.41) is 3.19. The van der Waals surface area contributed by atoms with E-state index in [1.807, 2.05) is 25.2 Å². The van der Waals surface area contributed by atoms with Crippen molar-refractivity contribution in [3.05, 3.63) is 35.9 Å². The lowest BCUT2D eigenvalue weighted by Gasteiger charge is -2.12. The van der Waals surface area contributed by atoms with Gasteiger partial charge in [-0.2, -0.15) is 12.6 Å². The predicted octanol–water partition coefficient (Wildman–Crippen LogP) is 1.88. The van der Waals surface area contributed by atoms with Crippen molar-refractivity contribution in [3.8, 4) is 0 Å². The molecule has 1 aromatic carbocycles. The molecule has 0 amide bonds. The number of hydrogen-bond donors (Lipinski definition) is 2. The van der Waals surface area contributed by atoms with Crippen molar-refractivity contribution in [1.29, 1.82) is 0 Å². The second-order valence-corrected chi connectivity index (χ2v) is 2.80. The van der Waals surface area contributed by atoms with Gasteiger partial charge in [-0.1, -0.05) is 30.3 Å². The maximum absolute atomic E-state index is 4.24. The lowest BCUT2D eigenvalue weighted by atomic mass is 10.1. The van der Waals surface area contributed by atoms with Gasteiger partial charge in [0, 0.05) is 11.8 Å². The van der Waals surface area contributed by atoms with Crippen LogP contribution in [0.25, 0.3) is 0 Å².